The van der Waals surface area contributed by atoms with Crippen molar-refractivity contribution in [3.8, 4) is 11.1 Å². The lowest BCUT2D eigenvalue weighted by molar-refractivity contribution is 0.0655. The second-order valence-corrected chi connectivity index (χ2v) is 8.03. The zero-order valence-electron chi connectivity index (χ0n) is 15.9. The van der Waals surface area contributed by atoms with E-state index in [4.69, 9.17) is 11.6 Å². The van der Waals surface area contributed by atoms with Crippen molar-refractivity contribution >= 4 is 34.1 Å². The van der Waals surface area contributed by atoms with E-state index >= 15 is 0 Å². The number of carbonyl (C=O) groups is 1. The fourth-order valence-corrected chi connectivity index (χ4v) is 4.94. The third kappa shape index (κ3) is 2.52. The van der Waals surface area contributed by atoms with E-state index in [0.717, 1.165) is 59.5 Å². The predicted octanol–water partition coefficient (Wildman–Crippen LogP) is 3.06. The van der Waals surface area contributed by atoms with Crippen LogP contribution in [0.5, 0.6) is 0 Å². The highest BCUT2D eigenvalue weighted by Crippen LogP contribution is 2.43. The van der Waals surface area contributed by atoms with Gasteiger partial charge in [-0.15, -0.1) is 0 Å². The molecule has 0 saturated carbocycles. The van der Waals surface area contributed by atoms with Crippen molar-refractivity contribution in [2.75, 3.05) is 38.1 Å². The molecule has 0 unspecified atom stereocenters. The first-order valence-electron chi connectivity index (χ1n) is 9.54. The Hall–Kier alpha value is -2.57. The number of carbonyl (C=O) groups excluding carboxylic acids is 1. The average Bonchev–Trinajstić information content (AvgIpc) is 3.13. The maximum absolute atomic E-state index is 13.3. The molecule has 0 aliphatic carbocycles. The lowest BCUT2D eigenvalue weighted by Crippen LogP contribution is -2.55. The van der Waals surface area contributed by atoms with Gasteiger partial charge in [0.05, 0.1) is 34.0 Å². The number of hydrogen-bond donors (Lipinski definition) is 2. The van der Waals surface area contributed by atoms with E-state index < -0.39 is 0 Å². The van der Waals surface area contributed by atoms with E-state index in [1.54, 1.807) is 0 Å². The van der Waals surface area contributed by atoms with Crippen LogP contribution in [0.4, 0.5) is 5.69 Å². The number of nitrogens with one attached hydrogen (secondary N) is 2. The average molecular weight is 396 g/mol. The fraction of sp³-hybridized carbons (Fsp3) is 0.333. The minimum Gasteiger partial charge on any atom is -0.371 e. The minimum atomic E-state index is 0.0672. The van der Waals surface area contributed by atoms with E-state index in [1.165, 1.54) is 0 Å². The maximum atomic E-state index is 13.3. The van der Waals surface area contributed by atoms with Crippen LogP contribution in [0, 0.1) is 6.92 Å². The maximum Gasteiger partial charge on any atom is 0.256 e. The van der Waals surface area contributed by atoms with Gasteiger partial charge in [-0.05, 0) is 30.2 Å². The van der Waals surface area contributed by atoms with Crippen LogP contribution >= 0.6 is 11.6 Å². The summed E-state index contributed by atoms with van der Waals surface area (Å²) in [5, 5.41) is 12.3. The molecule has 6 nitrogen and oxygen atoms in total. The van der Waals surface area contributed by atoms with Crippen LogP contribution < -0.4 is 10.2 Å². The molecule has 1 aromatic heterocycles. The largest absolute Gasteiger partial charge is 0.371 e. The highest BCUT2D eigenvalue weighted by Gasteiger charge is 2.35. The smallest absolute Gasteiger partial charge is 0.256 e. The van der Waals surface area contributed by atoms with Gasteiger partial charge < -0.3 is 15.1 Å². The van der Waals surface area contributed by atoms with Gasteiger partial charge in [-0.2, -0.15) is 5.10 Å². The molecule has 144 valence electrons. The number of aryl methyl sites for hydroxylation is 1. The Kier molecular flexibility index (Phi) is 4.07. The predicted molar refractivity (Wildman–Crippen MR) is 112 cm³/mol. The summed E-state index contributed by atoms with van der Waals surface area (Å²) >= 11 is 6.97. The van der Waals surface area contributed by atoms with E-state index in [2.05, 4.69) is 33.4 Å². The fourth-order valence-electron chi connectivity index (χ4n) is 4.54. The molecule has 0 radical (unpaired) electrons. The number of piperazine rings is 1. The molecule has 2 aliphatic rings. The Morgan fingerprint density at radius 1 is 1.21 bits per heavy atom. The van der Waals surface area contributed by atoms with Crippen LogP contribution in [0.3, 0.4) is 0 Å². The number of likely N-dealkylation sites (N-methyl/N-ethyl adjacent to an activating group) is 1. The van der Waals surface area contributed by atoms with Crippen LogP contribution in [-0.2, 0) is 0 Å². The molecule has 5 rings (SSSR count). The third-order valence-corrected chi connectivity index (χ3v) is 6.31. The van der Waals surface area contributed by atoms with Gasteiger partial charge in [0.1, 0.15) is 0 Å². The number of aromatic amines is 1. The molecular formula is C21H22ClN5O. The number of fused-ring (bicyclic) bond motifs is 3. The van der Waals surface area contributed by atoms with Crippen molar-refractivity contribution in [3.05, 3.63) is 46.6 Å². The van der Waals surface area contributed by atoms with Gasteiger partial charge in [0.15, 0.2) is 0 Å². The van der Waals surface area contributed by atoms with Crippen molar-refractivity contribution in [1.29, 1.82) is 0 Å². The van der Waals surface area contributed by atoms with Crippen molar-refractivity contribution in [2.24, 2.45) is 0 Å². The second kappa shape index (κ2) is 6.50. The zero-order chi connectivity index (χ0) is 19.4. The van der Waals surface area contributed by atoms with Gasteiger partial charge in [0, 0.05) is 44.2 Å². The Morgan fingerprint density at radius 2 is 2.04 bits per heavy atom. The number of halogens is 1. The van der Waals surface area contributed by atoms with Crippen molar-refractivity contribution < 1.29 is 4.79 Å². The highest BCUT2D eigenvalue weighted by molar-refractivity contribution is 6.37. The molecule has 1 amide bonds. The quantitative estimate of drug-likeness (QED) is 0.664. The second-order valence-electron chi connectivity index (χ2n) is 7.65. The highest BCUT2D eigenvalue weighted by atomic mass is 35.5. The van der Waals surface area contributed by atoms with E-state index in [-0.39, 0.29) is 11.9 Å². The third-order valence-electron chi connectivity index (χ3n) is 5.93. The summed E-state index contributed by atoms with van der Waals surface area (Å²) in [5.41, 5.74) is 5.58. The first kappa shape index (κ1) is 17.5. The molecule has 1 fully saturated rings. The number of aromatic nitrogens is 2. The van der Waals surface area contributed by atoms with Gasteiger partial charge in [-0.25, -0.2) is 0 Å². The van der Waals surface area contributed by atoms with Crippen LogP contribution in [0.2, 0.25) is 5.02 Å². The van der Waals surface area contributed by atoms with Crippen molar-refractivity contribution in [3.63, 3.8) is 0 Å². The first-order valence-corrected chi connectivity index (χ1v) is 9.92. The van der Waals surface area contributed by atoms with Crippen molar-refractivity contribution in [1.82, 2.24) is 20.4 Å². The monoisotopic (exact) mass is 395 g/mol. The summed E-state index contributed by atoms with van der Waals surface area (Å²) < 4.78 is 0. The molecule has 3 heterocycles. The summed E-state index contributed by atoms with van der Waals surface area (Å²) in [6, 6.07) is 8.15. The SMILES string of the molecule is Cc1ccc2[nH]ncc2c1-c1ccc2c(c1Cl)N(C)C[C@H]1CNCCN1C2=O. The summed E-state index contributed by atoms with van der Waals surface area (Å²) in [6.07, 6.45) is 1.83. The lowest BCUT2D eigenvalue weighted by Gasteiger charge is -2.35. The van der Waals surface area contributed by atoms with Gasteiger partial charge in [-0.1, -0.05) is 23.7 Å². The lowest BCUT2D eigenvalue weighted by atomic mass is 9.95. The first-order chi connectivity index (χ1) is 13.6. The number of H-pyrrole nitrogens is 1. The number of hydrogen-bond acceptors (Lipinski definition) is 4. The van der Waals surface area contributed by atoms with Crippen LogP contribution in [0.25, 0.3) is 22.0 Å². The Morgan fingerprint density at radius 3 is 2.89 bits per heavy atom. The van der Waals surface area contributed by atoms with Gasteiger partial charge >= 0.3 is 0 Å². The molecule has 1 atom stereocenters. The minimum absolute atomic E-state index is 0.0672. The van der Waals surface area contributed by atoms with Crippen molar-refractivity contribution in [2.45, 2.75) is 13.0 Å². The molecule has 2 aromatic carbocycles. The molecule has 2 aliphatic heterocycles. The summed E-state index contributed by atoms with van der Waals surface area (Å²) in [4.78, 5) is 17.4. The number of benzene rings is 2. The Labute approximate surface area is 168 Å². The number of nitrogens with zero attached hydrogens (tertiary/aromatic N) is 3. The normalized spacial score (nSPS) is 19.5. The molecule has 3 aromatic rings. The van der Waals surface area contributed by atoms with Gasteiger partial charge in [0.25, 0.3) is 5.91 Å². The van der Waals surface area contributed by atoms with E-state index in [9.17, 15) is 4.79 Å². The molecular weight excluding hydrogens is 374 g/mol. The molecule has 1 saturated heterocycles. The van der Waals surface area contributed by atoms with E-state index in [0.29, 0.717) is 10.6 Å². The topological polar surface area (TPSA) is 64.3 Å². The van der Waals surface area contributed by atoms with Crippen LogP contribution in [0.15, 0.2) is 30.5 Å². The number of amides is 1. The Balaban J connectivity index is 1.72. The molecule has 2 N–H and O–H groups in total. The van der Waals surface area contributed by atoms with Gasteiger partial charge in [0.2, 0.25) is 0 Å². The standard InChI is InChI=1S/C21H22ClN5O/c1-12-3-6-17-16(10-24-25-17)18(12)14-4-5-15-20(19(14)22)26(2)11-13-9-23-7-8-27(13)21(15)28/h3-6,10,13,23H,7-9,11H2,1-2H3,(H,24,25)/t13-/m1/s1. The molecule has 0 bridgehead atoms. The van der Waals surface area contributed by atoms with E-state index in [1.807, 2.05) is 36.3 Å². The molecule has 7 heteroatoms. The summed E-state index contributed by atoms with van der Waals surface area (Å²) in [7, 11) is 2.02. The zero-order valence-corrected chi connectivity index (χ0v) is 16.7. The summed E-state index contributed by atoms with van der Waals surface area (Å²) in [5.74, 6) is 0.0672. The summed E-state index contributed by atoms with van der Waals surface area (Å²) in [6.45, 7) is 5.19. The number of anilines is 1. The molecule has 0 spiro atoms. The number of rotatable bonds is 1. The Bertz CT molecular complexity index is 1090. The van der Waals surface area contributed by atoms with Gasteiger partial charge in [-0.3, -0.25) is 9.89 Å². The van der Waals surface area contributed by atoms with Crippen LogP contribution in [0.1, 0.15) is 15.9 Å². The van der Waals surface area contributed by atoms with Crippen LogP contribution in [-0.4, -0.2) is 60.3 Å². The molecule has 28 heavy (non-hydrogen) atoms.